The molecule has 0 aromatic carbocycles. The molecule has 0 spiro atoms. The van der Waals surface area contributed by atoms with E-state index < -0.39 is 0 Å². The van der Waals surface area contributed by atoms with Crippen molar-refractivity contribution in [2.45, 2.75) is 13.0 Å². The number of hydrogen-bond acceptors (Lipinski definition) is 4. The Labute approximate surface area is 110 Å². The topological polar surface area (TPSA) is 50.4 Å². The van der Waals surface area contributed by atoms with Crippen LogP contribution in [-0.2, 0) is 9.53 Å². The Balaban J connectivity index is 2.23. The summed E-state index contributed by atoms with van der Waals surface area (Å²) in [5.74, 6) is -0.0310. The molecule has 96 valence electrons. The number of carbonyl (C=O) groups excluding carboxylic acids is 1. The van der Waals surface area contributed by atoms with Crippen LogP contribution in [0.2, 0.25) is 4.34 Å². The van der Waals surface area contributed by atoms with E-state index in [4.69, 9.17) is 16.3 Å². The van der Waals surface area contributed by atoms with Gasteiger partial charge >= 0.3 is 0 Å². The van der Waals surface area contributed by atoms with Gasteiger partial charge < -0.3 is 15.4 Å². The smallest absolute Gasteiger partial charge is 0.234 e. The Morgan fingerprint density at radius 1 is 1.59 bits per heavy atom. The Morgan fingerprint density at radius 3 is 2.94 bits per heavy atom. The van der Waals surface area contributed by atoms with Crippen molar-refractivity contribution in [2.75, 3.05) is 26.8 Å². The van der Waals surface area contributed by atoms with Crippen LogP contribution in [0.25, 0.3) is 0 Å². The second-order valence-corrected chi connectivity index (χ2v) is 5.33. The van der Waals surface area contributed by atoms with E-state index in [2.05, 4.69) is 10.6 Å². The van der Waals surface area contributed by atoms with Crippen LogP contribution in [0.4, 0.5) is 0 Å². The molecule has 1 heterocycles. The van der Waals surface area contributed by atoms with Gasteiger partial charge in [-0.1, -0.05) is 11.6 Å². The maximum Gasteiger partial charge on any atom is 0.234 e. The highest BCUT2D eigenvalue weighted by atomic mass is 35.5. The molecule has 1 aromatic heterocycles. The first kappa shape index (κ1) is 14.4. The third-order valence-electron chi connectivity index (χ3n) is 2.22. The van der Waals surface area contributed by atoms with Crippen molar-refractivity contribution in [2.24, 2.45) is 0 Å². The lowest BCUT2D eigenvalue weighted by Gasteiger charge is -2.11. The van der Waals surface area contributed by atoms with E-state index in [1.807, 2.05) is 19.1 Å². The molecule has 0 aliphatic heterocycles. The number of hydrogen-bond donors (Lipinski definition) is 2. The van der Waals surface area contributed by atoms with Gasteiger partial charge in [0.15, 0.2) is 0 Å². The number of rotatable bonds is 7. The molecule has 0 aliphatic rings. The van der Waals surface area contributed by atoms with E-state index in [1.165, 1.54) is 11.3 Å². The van der Waals surface area contributed by atoms with Gasteiger partial charge in [0.2, 0.25) is 5.91 Å². The van der Waals surface area contributed by atoms with Crippen LogP contribution in [0.5, 0.6) is 0 Å². The SMILES string of the molecule is COCCNC(=O)CNC(C)c1ccc(Cl)s1. The summed E-state index contributed by atoms with van der Waals surface area (Å²) in [5, 5.41) is 5.88. The van der Waals surface area contributed by atoms with Crippen molar-refractivity contribution < 1.29 is 9.53 Å². The van der Waals surface area contributed by atoms with E-state index in [0.717, 1.165) is 9.21 Å². The third-order valence-corrected chi connectivity index (χ3v) is 3.63. The van der Waals surface area contributed by atoms with E-state index in [9.17, 15) is 4.79 Å². The quantitative estimate of drug-likeness (QED) is 0.747. The fourth-order valence-corrected chi connectivity index (χ4v) is 2.35. The number of halogens is 1. The summed E-state index contributed by atoms with van der Waals surface area (Å²) in [6.07, 6.45) is 0. The molecule has 0 radical (unpaired) electrons. The summed E-state index contributed by atoms with van der Waals surface area (Å²) in [5.41, 5.74) is 0. The fraction of sp³-hybridized carbons (Fsp3) is 0.545. The zero-order valence-corrected chi connectivity index (χ0v) is 11.5. The van der Waals surface area contributed by atoms with Gasteiger partial charge in [-0.25, -0.2) is 0 Å². The van der Waals surface area contributed by atoms with Crippen molar-refractivity contribution >= 4 is 28.8 Å². The van der Waals surface area contributed by atoms with E-state index >= 15 is 0 Å². The minimum Gasteiger partial charge on any atom is -0.383 e. The summed E-state index contributed by atoms with van der Waals surface area (Å²) in [7, 11) is 1.60. The predicted octanol–water partition coefficient (Wildman–Crippen LogP) is 1.81. The second-order valence-electron chi connectivity index (χ2n) is 3.59. The fourth-order valence-electron chi connectivity index (χ4n) is 1.26. The molecule has 1 aromatic rings. The Morgan fingerprint density at radius 2 is 2.35 bits per heavy atom. The molecule has 0 saturated carbocycles. The molecule has 2 N–H and O–H groups in total. The maximum atomic E-state index is 11.4. The van der Waals surface area contributed by atoms with Gasteiger partial charge in [-0.15, -0.1) is 11.3 Å². The molecule has 1 amide bonds. The molecule has 1 unspecified atom stereocenters. The average molecular weight is 277 g/mol. The summed E-state index contributed by atoms with van der Waals surface area (Å²) < 4.78 is 5.60. The van der Waals surface area contributed by atoms with Crippen molar-refractivity contribution in [3.05, 3.63) is 21.3 Å². The normalized spacial score (nSPS) is 12.4. The van der Waals surface area contributed by atoms with Crippen LogP contribution >= 0.6 is 22.9 Å². The highest BCUT2D eigenvalue weighted by molar-refractivity contribution is 7.16. The first-order valence-corrected chi connectivity index (χ1v) is 6.57. The van der Waals surface area contributed by atoms with Gasteiger partial charge in [-0.2, -0.15) is 0 Å². The Hall–Kier alpha value is -0.620. The molecule has 0 saturated heterocycles. The number of amides is 1. The lowest BCUT2D eigenvalue weighted by molar-refractivity contribution is -0.120. The average Bonchev–Trinajstić information content (AvgIpc) is 2.73. The molecule has 0 bridgehead atoms. The van der Waals surface area contributed by atoms with Crippen LogP contribution in [0.15, 0.2) is 12.1 Å². The molecule has 1 rings (SSSR count). The zero-order valence-electron chi connectivity index (χ0n) is 9.96. The van der Waals surface area contributed by atoms with E-state index in [1.54, 1.807) is 7.11 Å². The lowest BCUT2D eigenvalue weighted by atomic mass is 10.3. The van der Waals surface area contributed by atoms with Crippen LogP contribution < -0.4 is 10.6 Å². The molecule has 1 atom stereocenters. The number of methoxy groups -OCH3 is 1. The number of carbonyl (C=O) groups is 1. The predicted molar refractivity (Wildman–Crippen MR) is 70.6 cm³/mol. The van der Waals surface area contributed by atoms with Gasteiger partial charge in [-0.3, -0.25) is 4.79 Å². The van der Waals surface area contributed by atoms with Gasteiger partial charge in [0, 0.05) is 24.6 Å². The number of thiophene rings is 1. The molecule has 0 fully saturated rings. The monoisotopic (exact) mass is 276 g/mol. The molecule has 17 heavy (non-hydrogen) atoms. The first-order valence-electron chi connectivity index (χ1n) is 5.37. The summed E-state index contributed by atoms with van der Waals surface area (Å²) in [4.78, 5) is 12.5. The van der Waals surface area contributed by atoms with Gasteiger partial charge in [0.25, 0.3) is 0 Å². The van der Waals surface area contributed by atoms with Crippen LogP contribution in [0.1, 0.15) is 17.8 Å². The molecule has 0 aliphatic carbocycles. The van der Waals surface area contributed by atoms with E-state index in [-0.39, 0.29) is 11.9 Å². The first-order chi connectivity index (χ1) is 8.13. The molecular weight excluding hydrogens is 260 g/mol. The van der Waals surface area contributed by atoms with Crippen LogP contribution in [0, 0.1) is 0 Å². The number of nitrogens with one attached hydrogen (secondary N) is 2. The number of ether oxygens (including phenoxy) is 1. The third kappa shape index (κ3) is 5.50. The lowest BCUT2D eigenvalue weighted by Crippen LogP contribution is -2.36. The minimum absolute atomic E-state index is 0.0310. The Kier molecular flexibility index (Phi) is 6.50. The summed E-state index contributed by atoms with van der Waals surface area (Å²) >= 11 is 7.37. The zero-order chi connectivity index (χ0) is 12.7. The minimum atomic E-state index is -0.0310. The highest BCUT2D eigenvalue weighted by Gasteiger charge is 2.09. The van der Waals surface area contributed by atoms with Crippen molar-refractivity contribution in [1.82, 2.24) is 10.6 Å². The van der Waals surface area contributed by atoms with Crippen molar-refractivity contribution in [3.63, 3.8) is 0 Å². The molecular formula is C11H17ClN2O2S. The van der Waals surface area contributed by atoms with E-state index in [0.29, 0.717) is 19.7 Å². The summed E-state index contributed by atoms with van der Waals surface area (Å²) in [6.45, 7) is 3.36. The van der Waals surface area contributed by atoms with Crippen LogP contribution in [-0.4, -0.2) is 32.7 Å². The molecule has 6 heteroatoms. The van der Waals surface area contributed by atoms with Crippen molar-refractivity contribution in [1.29, 1.82) is 0 Å². The second kappa shape index (κ2) is 7.66. The largest absolute Gasteiger partial charge is 0.383 e. The van der Waals surface area contributed by atoms with Gasteiger partial charge in [0.05, 0.1) is 17.5 Å². The van der Waals surface area contributed by atoms with Crippen molar-refractivity contribution in [3.8, 4) is 0 Å². The standard InChI is InChI=1S/C11H17ClN2O2S/c1-8(9-3-4-10(12)17-9)14-7-11(15)13-5-6-16-2/h3-4,8,14H,5-7H2,1-2H3,(H,13,15). The van der Waals surface area contributed by atoms with Crippen LogP contribution in [0.3, 0.4) is 0 Å². The molecule has 4 nitrogen and oxygen atoms in total. The Bertz CT molecular complexity index is 357. The van der Waals surface area contributed by atoms with Gasteiger partial charge in [-0.05, 0) is 19.1 Å². The highest BCUT2D eigenvalue weighted by Crippen LogP contribution is 2.26. The van der Waals surface area contributed by atoms with Gasteiger partial charge in [0.1, 0.15) is 0 Å². The maximum absolute atomic E-state index is 11.4. The summed E-state index contributed by atoms with van der Waals surface area (Å²) in [6, 6.07) is 3.95.